The normalized spacial score (nSPS) is 10.0. The molecule has 0 atom stereocenters. The Hall–Kier alpha value is -1.13. The van der Waals surface area contributed by atoms with Crippen LogP contribution >= 0.6 is 11.6 Å². The van der Waals surface area contributed by atoms with Gasteiger partial charge >= 0.3 is 0 Å². The van der Waals surface area contributed by atoms with E-state index in [2.05, 4.69) is 5.32 Å². The molecule has 13 heavy (non-hydrogen) atoms. The van der Waals surface area contributed by atoms with E-state index in [-0.39, 0.29) is 5.69 Å². The van der Waals surface area contributed by atoms with E-state index < -0.39 is 4.92 Å². The fourth-order valence-electron chi connectivity index (χ4n) is 0.984. The molecule has 0 unspecified atom stereocenters. The highest BCUT2D eigenvalue weighted by Gasteiger charge is 2.08. The number of rotatable bonds is 3. The lowest BCUT2D eigenvalue weighted by molar-refractivity contribution is -0.384. The van der Waals surface area contributed by atoms with Gasteiger partial charge in [-0.3, -0.25) is 10.1 Å². The largest absolute Gasteiger partial charge is 0.316 e. The topological polar surface area (TPSA) is 55.2 Å². The molecular weight excluding hydrogens is 192 g/mol. The summed E-state index contributed by atoms with van der Waals surface area (Å²) in [5.41, 5.74) is 0.875. The Balaban J connectivity index is 2.98. The second-order valence-electron chi connectivity index (χ2n) is 2.56. The minimum atomic E-state index is -0.463. The summed E-state index contributed by atoms with van der Waals surface area (Å²) < 4.78 is 0. The predicted molar refractivity (Wildman–Crippen MR) is 50.9 cm³/mol. The summed E-state index contributed by atoms with van der Waals surface area (Å²) in [4.78, 5) is 9.89. The molecule has 1 rings (SSSR count). The number of hydrogen-bond acceptors (Lipinski definition) is 3. The molecule has 0 fully saturated rings. The van der Waals surface area contributed by atoms with Crippen molar-refractivity contribution in [2.75, 3.05) is 7.05 Å². The summed E-state index contributed by atoms with van der Waals surface area (Å²) in [5.74, 6) is 0. The molecule has 70 valence electrons. The summed E-state index contributed by atoms with van der Waals surface area (Å²) in [7, 11) is 1.79. The molecule has 1 aromatic carbocycles. The average Bonchev–Trinajstić information content (AvgIpc) is 2.08. The number of nitro groups is 1. The first-order valence-electron chi connectivity index (χ1n) is 3.72. The van der Waals surface area contributed by atoms with Crippen LogP contribution in [0.4, 0.5) is 5.69 Å². The zero-order valence-electron chi connectivity index (χ0n) is 7.08. The van der Waals surface area contributed by atoms with Crippen molar-refractivity contribution in [2.24, 2.45) is 0 Å². The monoisotopic (exact) mass is 200 g/mol. The van der Waals surface area contributed by atoms with Crippen LogP contribution in [0.3, 0.4) is 0 Å². The van der Waals surface area contributed by atoms with Crippen LogP contribution in [0, 0.1) is 10.1 Å². The van der Waals surface area contributed by atoms with Gasteiger partial charge in [0.05, 0.1) is 9.95 Å². The van der Waals surface area contributed by atoms with Crippen molar-refractivity contribution in [3.8, 4) is 0 Å². The maximum absolute atomic E-state index is 10.4. The molecule has 0 amide bonds. The highest BCUT2D eigenvalue weighted by atomic mass is 35.5. The fourth-order valence-corrected chi connectivity index (χ4v) is 1.23. The molecule has 1 N–H and O–H groups in total. The van der Waals surface area contributed by atoms with Gasteiger partial charge in [-0.2, -0.15) is 0 Å². The molecule has 0 saturated carbocycles. The van der Waals surface area contributed by atoms with Gasteiger partial charge in [-0.05, 0) is 18.7 Å². The van der Waals surface area contributed by atoms with Crippen molar-refractivity contribution in [1.29, 1.82) is 0 Å². The van der Waals surface area contributed by atoms with E-state index in [1.165, 1.54) is 12.1 Å². The number of non-ortho nitro benzene ring substituents is 1. The van der Waals surface area contributed by atoms with Crippen molar-refractivity contribution >= 4 is 17.3 Å². The van der Waals surface area contributed by atoms with Crippen molar-refractivity contribution in [1.82, 2.24) is 5.32 Å². The Morgan fingerprint density at radius 3 is 2.77 bits per heavy atom. The maximum atomic E-state index is 10.4. The first kappa shape index (κ1) is 9.95. The summed E-state index contributed by atoms with van der Waals surface area (Å²) >= 11 is 5.81. The molecular formula is C8H9ClN2O2. The van der Waals surface area contributed by atoms with Crippen molar-refractivity contribution in [2.45, 2.75) is 6.54 Å². The minimum absolute atomic E-state index is 0.0184. The molecule has 0 spiro atoms. The van der Waals surface area contributed by atoms with Crippen LogP contribution in [0.5, 0.6) is 0 Å². The Morgan fingerprint density at radius 2 is 2.31 bits per heavy atom. The SMILES string of the molecule is CNCc1ccc([N+](=O)[O-])cc1Cl. The van der Waals surface area contributed by atoms with Gasteiger partial charge in [0.2, 0.25) is 0 Å². The number of hydrogen-bond donors (Lipinski definition) is 1. The van der Waals surface area contributed by atoms with E-state index in [1.54, 1.807) is 13.1 Å². The zero-order valence-corrected chi connectivity index (χ0v) is 7.84. The van der Waals surface area contributed by atoms with E-state index in [9.17, 15) is 10.1 Å². The molecule has 0 aromatic heterocycles. The van der Waals surface area contributed by atoms with Gasteiger partial charge in [0.25, 0.3) is 5.69 Å². The van der Waals surface area contributed by atoms with Crippen molar-refractivity contribution in [3.05, 3.63) is 38.9 Å². The Kier molecular flexibility index (Phi) is 3.22. The van der Waals surface area contributed by atoms with Gasteiger partial charge < -0.3 is 5.32 Å². The Bertz CT molecular complexity index is 328. The Labute approximate surface area is 80.7 Å². The number of benzene rings is 1. The second kappa shape index (κ2) is 4.20. The molecule has 0 aliphatic heterocycles. The third-order valence-electron chi connectivity index (χ3n) is 1.61. The summed E-state index contributed by atoms with van der Waals surface area (Å²) in [5, 5.41) is 13.7. The fraction of sp³-hybridized carbons (Fsp3) is 0.250. The molecule has 0 aliphatic rings. The van der Waals surface area contributed by atoms with Gasteiger partial charge in [-0.15, -0.1) is 0 Å². The minimum Gasteiger partial charge on any atom is -0.316 e. The van der Waals surface area contributed by atoms with Crippen LogP contribution in [-0.2, 0) is 6.54 Å². The van der Waals surface area contributed by atoms with Gasteiger partial charge in [0.15, 0.2) is 0 Å². The molecule has 4 nitrogen and oxygen atoms in total. The maximum Gasteiger partial charge on any atom is 0.270 e. The molecule has 0 saturated heterocycles. The quantitative estimate of drug-likeness (QED) is 0.600. The van der Waals surface area contributed by atoms with Crippen LogP contribution in [0.2, 0.25) is 5.02 Å². The lowest BCUT2D eigenvalue weighted by Crippen LogP contribution is -2.05. The van der Waals surface area contributed by atoms with Crippen LogP contribution in [-0.4, -0.2) is 12.0 Å². The molecule has 0 heterocycles. The van der Waals surface area contributed by atoms with Crippen LogP contribution < -0.4 is 5.32 Å². The summed E-state index contributed by atoms with van der Waals surface area (Å²) in [6, 6.07) is 4.45. The third kappa shape index (κ3) is 2.40. The lowest BCUT2D eigenvalue weighted by Gasteiger charge is -2.01. The standard InChI is InChI=1S/C8H9ClN2O2/c1-10-5-6-2-3-7(11(12)13)4-8(6)9/h2-4,10H,5H2,1H3. The van der Waals surface area contributed by atoms with Crippen LogP contribution in [0.15, 0.2) is 18.2 Å². The zero-order chi connectivity index (χ0) is 9.84. The highest BCUT2D eigenvalue weighted by molar-refractivity contribution is 6.31. The van der Waals surface area contributed by atoms with Crippen LogP contribution in [0.1, 0.15) is 5.56 Å². The van der Waals surface area contributed by atoms with Crippen molar-refractivity contribution < 1.29 is 4.92 Å². The first-order valence-corrected chi connectivity index (χ1v) is 4.10. The Morgan fingerprint density at radius 1 is 1.62 bits per heavy atom. The van der Waals surface area contributed by atoms with E-state index >= 15 is 0 Å². The smallest absolute Gasteiger partial charge is 0.270 e. The second-order valence-corrected chi connectivity index (χ2v) is 2.97. The number of nitro benzene ring substituents is 1. The molecule has 0 aliphatic carbocycles. The van der Waals surface area contributed by atoms with E-state index in [1.807, 2.05) is 0 Å². The van der Waals surface area contributed by atoms with Crippen LogP contribution in [0.25, 0.3) is 0 Å². The number of nitrogens with one attached hydrogen (secondary N) is 1. The molecule has 5 heteroatoms. The summed E-state index contributed by atoms with van der Waals surface area (Å²) in [6.07, 6.45) is 0. The van der Waals surface area contributed by atoms with Crippen molar-refractivity contribution in [3.63, 3.8) is 0 Å². The molecule has 0 bridgehead atoms. The van der Waals surface area contributed by atoms with Gasteiger partial charge in [0, 0.05) is 18.7 Å². The third-order valence-corrected chi connectivity index (χ3v) is 1.97. The average molecular weight is 201 g/mol. The molecule has 0 radical (unpaired) electrons. The first-order chi connectivity index (χ1) is 6.15. The lowest BCUT2D eigenvalue weighted by atomic mass is 10.2. The predicted octanol–water partition coefficient (Wildman–Crippen LogP) is 1.97. The van der Waals surface area contributed by atoms with Gasteiger partial charge in [-0.25, -0.2) is 0 Å². The summed E-state index contributed by atoms with van der Waals surface area (Å²) in [6.45, 7) is 0.608. The van der Waals surface area contributed by atoms with E-state index in [0.29, 0.717) is 11.6 Å². The number of nitrogens with zero attached hydrogens (tertiary/aromatic N) is 1. The van der Waals surface area contributed by atoms with Gasteiger partial charge in [-0.1, -0.05) is 11.6 Å². The van der Waals surface area contributed by atoms with Gasteiger partial charge in [0.1, 0.15) is 0 Å². The van der Waals surface area contributed by atoms with E-state index in [0.717, 1.165) is 5.56 Å². The molecule has 1 aromatic rings. The highest BCUT2D eigenvalue weighted by Crippen LogP contribution is 2.21. The number of halogens is 1. The van der Waals surface area contributed by atoms with E-state index in [4.69, 9.17) is 11.6 Å².